The number of hydrogen-bond donors (Lipinski definition) is 3. The lowest BCUT2D eigenvalue weighted by atomic mass is 9.90. The van der Waals surface area contributed by atoms with Crippen LogP contribution in [-0.2, 0) is 13.5 Å². The lowest BCUT2D eigenvalue weighted by Gasteiger charge is -2.35. The molecule has 2 amide bonds. The van der Waals surface area contributed by atoms with Crippen LogP contribution in [0.2, 0.25) is 5.02 Å². The summed E-state index contributed by atoms with van der Waals surface area (Å²) in [5, 5.41) is 15.9. The Balaban J connectivity index is 1.33. The first-order valence-electron chi connectivity index (χ1n) is 11.8. The summed E-state index contributed by atoms with van der Waals surface area (Å²) in [7, 11) is 3.59. The van der Waals surface area contributed by atoms with Crippen molar-refractivity contribution in [1.82, 2.24) is 40.3 Å². The smallest absolute Gasteiger partial charge is 0.323 e. The van der Waals surface area contributed by atoms with Crippen molar-refractivity contribution in [3.8, 4) is 0 Å². The van der Waals surface area contributed by atoms with Gasteiger partial charge in [0.25, 0.3) is 0 Å². The number of anilines is 2. The molecule has 3 aliphatic rings. The number of aromatic nitrogens is 4. The van der Waals surface area contributed by atoms with Crippen LogP contribution < -0.4 is 16.1 Å². The monoisotopic (exact) mass is 516 g/mol. The van der Waals surface area contributed by atoms with E-state index in [2.05, 4.69) is 31.2 Å². The highest BCUT2D eigenvalue weighted by molar-refractivity contribution is 6.30. The maximum Gasteiger partial charge on any atom is 0.323 e. The number of hydrogen-bond acceptors (Lipinski definition) is 8. The highest BCUT2D eigenvalue weighted by Gasteiger charge is 2.48. The molecule has 3 aliphatic heterocycles. The van der Waals surface area contributed by atoms with Gasteiger partial charge in [0, 0.05) is 43.4 Å². The van der Waals surface area contributed by atoms with Crippen LogP contribution in [0.5, 0.6) is 0 Å². The number of urea groups is 1. The second kappa shape index (κ2) is 8.63. The maximum absolute atomic E-state index is 13.3. The van der Waals surface area contributed by atoms with E-state index in [4.69, 9.17) is 16.6 Å². The van der Waals surface area contributed by atoms with Gasteiger partial charge in [0.05, 0.1) is 11.9 Å². The molecule has 0 bridgehead atoms. The van der Waals surface area contributed by atoms with Gasteiger partial charge in [-0.05, 0) is 42.8 Å². The molecule has 1 saturated heterocycles. The van der Waals surface area contributed by atoms with E-state index in [1.807, 2.05) is 67.4 Å². The molecule has 11 nitrogen and oxygen atoms in total. The van der Waals surface area contributed by atoms with Crippen LogP contribution in [0.1, 0.15) is 18.2 Å². The van der Waals surface area contributed by atoms with Crippen LogP contribution >= 0.6 is 11.6 Å². The van der Waals surface area contributed by atoms with E-state index >= 15 is 0 Å². The summed E-state index contributed by atoms with van der Waals surface area (Å²) in [5.41, 5.74) is 5.07. The van der Waals surface area contributed by atoms with Crippen molar-refractivity contribution in [2.45, 2.75) is 25.0 Å². The van der Waals surface area contributed by atoms with Crippen LogP contribution in [0.15, 0.2) is 71.9 Å². The van der Waals surface area contributed by atoms with Crippen LogP contribution in [0, 0.1) is 0 Å². The molecule has 2 aromatic heterocycles. The van der Waals surface area contributed by atoms with Crippen molar-refractivity contribution < 1.29 is 4.79 Å². The molecule has 3 aromatic rings. The Morgan fingerprint density at radius 1 is 1.14 bits per heavy atom. The Kier molecular flexibility index (Phi) is 5.37. The van der Waals surface area contributed by atoms with Crippen molar-refractivity contribution in [1.29, 1.82) is 0 Å². The molecule has 0 spiro atoms. The maximum atomic E-state index is 13.3. The predicted octanol–water partition coefficient (Wildman–Crippen LogP) is 3.05. The standard InChI is InChI=1S/C25H25ClN10O/c1-25(14-15-4-6-17(26)7-5-15)22-33-32-20-12-16(13-21(36(20)22)34(2)24(37)31-25)18-8-10-27-23(29-18)30-19-9-11-28-35(19)3/h4-13,20,32H,14H2,1-3H3,(H,31,37)(H,27,29,30)/t20?,25-/m1/s1. The molecule has 188 valence electrons. The molecule has 5 heterocycles. The fourth-order valence-corrected chi connectivity index (χ4v) is 4.90. The van der Waals surface area contributed by atoms with E-state index in [1.165, 1.54) is 0 Å². The average molecular weight is 517 g/mol. The van der Waals surface area contributed by atoms with E-state index in [9.17, 15) is 4.79 Å². The quantitative estimate of drug-likeness (QED) is 0.477. The third-order valence-corrected chi connectivity index (χ3v) is 6.94. The zero-order valence-corrected chi connectivity index (χ0v) is 21.2. The van der Waals surface area contributed by atoms with Crippen molar-refractivity contribution in [3.05, 3.63) is 83.0 Å². The van der Waals surface area contributed by atoms with Gasteiger partial charge in [-0.25, -0.2) is 14.8 Å². The summed E-state index contributed by atoms with van der Waals surface area (Å²) in [4.78, 5) is 26.0. The van der Waals surface area contributed by atoms with Crippen LogP contribution in [0.25, 0.3) is 5.57 Å². The van der Waals surface area contributed by atoms with E-state index in [-0.39, 0.29) is 12.2 Å². The third-order valence-electron chi connectivity index (χ3n) is 6.69. The van der Waals surface area contributed by atoms with Gasteiger partial charge in [-0.15, -0.1) is 0 Å². The third kappa shape index (κ3) is 4.06. The molecule has 1 aromatic carbocycles. The first-order chi connectivity index (χ1) is 17.8. The minimum Gasteiger partial charge on any atom is -0.325 e. The van der Waals surface area contributed by atoms with Crippen LogP contribution in [0.4, 0.5) is 16.6 Å². The Bertz CT molecular complexity index is 1480. The Morgan fingerprint density at radius 3 is 2.70 bits per heavy atom. The van der Waals surface area contributed by atoms with Crippen molar-refractivity contribution in [3.63, 3.8) is 0 Å². The zero-order valence-electron chi connectivity index (χ0n) is 20.5. The van der Waals surface area contributed by atoms with Crippen molar-refractivity contribution in [2.24, 2.45) is 12.1 Å². The molecule has 2 atom stereocenters. The fraction of sp³-hybridized carbons (Fsp3) is 0.240. The number of aryl methyl sites for hydroxylation is 1. The van der Waals surface area contributed by atoms with Gasteiger partial charge in [0.2, 0.25) is 5.95 Å². The van der Waals surface area contributed by atoms with E-state index in [0.717, 1.165) is 22.8 Å². The molecular formula is C25H25ClN10O. The van der Waals surface area contributed by atoms with E-state index in [1.54, 1.807) is 29.0 Å². The molecule has 6 rings (SSSR count). The molecule has 12 heteroatoms. The van der Waals surface area contributed by atoms with Gasteiger partial charge < -0.3 is 10.6 Å². The largest absolute Gasteiger partial charge is 0.325 e. The summed E-state index contributed by atoms with van der Waals surface area (Å²) in [6.45, 7) is 1.99. The predicted molar refractivity (Wildman–Crippen MR) is 141 cm³/mol. The summed E-state index contributed by atoms with van der Waals surface area (Å²) in [6, 6.07) is 11.1. The summed E-state index contributed by atoms with van der Waals surface area (Å²) in [5.74, 6) is 2.65. The van der Waals surface area contributed by atoms with E-state index < -0.39 is 5.54 Å². The molecule has 37 heavy (non-hydrogen) atoms. The first kappa shape index (κ1) is 23.0. The summed E-state index contributed by atoms with van der Waals surface area (Å²) in [6.07, 6.45) is 7.65. The second-order valence-corrected chi connectivity index (χ2v) is 9.80. The normalized spacial score (nSPS) is 22.3. The van der Waals surface area contributed by atoms with Gasteiger partial charge >= 0.3 is 6.03 Å². The molecule has 1 unspecified atom stereocenters. The second-order valence-electron chi connectivity index (χ2n) is 9.36. The van der Waals surface area contributed by atoms with Gasteiger partial charge in [-0.1, -0.05) is 23.7 Å². The zero-order chi connectivity index (χ0) is 25.7. The SMILES string of the molecule is CN1C(=O)N[C@](C)(Cc2ccc(Cl)cc2)C2=NNC3C=C(c4ccnc(Nc5ccnn5C)n4)C=C1N23. The van der Waals surface area contributed by atoms with Gasteiger partial charge in [0.1, 0.15) is 23.3 Å². The van der Waals surface area contributed by atoms with E-state index in [0.29, 0.717) is 28.9 Å². The number of carbonyl (C=O) groups excluding carboxylic acids is 1. The first-order valence-corrected chi connectivity index (χ1v) is 12.1. The number of nitrogens with zero attached hydrogens (tertiary/aromatic N) is 7. The summed E-state index contributed by atoms with van der Waals surface area (Å²) < 4.78 is 1.71. The number of allylic oxidation sites excluding steroid dienone is 2. The van der Waals surface area contributed by atoms with Gasteiger partial charge in [-0.2, -0.15) is 10.2 Å². The lowest BCUT2D eigenvalue weighted by molar-refractivity contribution is 0.207. The molecule has 0 saturated carbocycles. The minimum atomic E-state index is -0.753. The van der Waals surface area contributed by atoms with Crippen molar-refractivity contribution in [2.75, 3.05) is 12.4 Å². The number of benzene rings is 1. The van der Waals surface area contributed by atoms with Gasteiger partial charge in [-0.3, -0.25) is 19.9 Å². The molecule has 3 N–H and O–H groups in total. The van der Waals surface area contributed by atoms with Crippen LogP contribution in [-0.4, -0.2) is 60.2 Å². The molecule has 0 aliphatic carbocycles. The summed E-state index contributed by atoms with van der Waals surface area (Å²) >= 11 is 6.08. The number of amidine groups is 1. The topological polar surface area (TPSA) is 116 Å². The lowest BCUT2D eigenvalue weighted by Crippen LogP contribution is -2.56. The van der Waals surface area contributed by atoms with Gasteiger partial charge in [0.15, 0.2) is 5.84 Å². The Morgan fingerprint density at radius 2 is 1.95 bits per heavy atom. The Hall–Kier alpha value is -4.38. The number of carbonyl (C=O) groups is 1. The molecular weight excluding hydrogens is 492 g/mol. The van der Waals surface area contributed by atoms with Crippen molar-refractivity contribution >= 4 is 40.8 Å². The average Bonchev–Trinajstić information content (AvgIpc) is 3.49. The fourth-order valence-electron chi connectivity index (χ4n) is 4.77. The number of rotatable bonds is 5. The number of hydrazone groups is 1. The number of nitrogens with one attached hydrogen (secondary N) is 3. The molecule has 1 fully saturated rings. The minimum absolute atomic E-state index is 0.221. The van der Waals surface area contributed by atoms with Crippen LogP contribution in [0.3, 0.4) is 0 Å². The highest BCUT2D eigenvalue weighted by Crippen LogP contribution is 2.35. The number of amides is 2. The molecule has 0 radical (unpaired) electrons. The number of halogens is 1. The highest BCUT2D eigenvalue weighted by atomic mass is 35.5. The Labute approximate surface area is 218 Å².